The van der Waals surface area contributed by atoms with Crippen LogP contribution in [0.3, 0.4) is 0 Å². The van der Waals surface area contributed by atoms with E-state index in [9.17, 15) is 0 Å². The fourth-order valence-corrected chi connectivity index (χ4v) is 1.66. The number of ether oxygens (including phenoxy) is 1. The second kappa shape index (κ2) is 6.50. The van der Waals surface area contributed by atoms with Crippen LogP contribution in [-0.2, 0) is 0 Å². The zero-order valence-corrected chi connectivity index (χ0v) is 11.3. The number of hydrogen-bond donors (Lipinski definition) is 2. The fraction of sp³-hybridized carbons (Fsp3) is 0.571. The lowest BCUT2D eigenvalue weighted by atomic mass is 10.0. The minimum atomic E-state index is 0.224. The van der Waals surface area contributed by atoms with Gasteiger partial charge in [0, 0.05) is 12.6 Å². The summed E-state index contributed by atoms with van der Waals surface area (Å²) in [6, 6.07) is 6.51. The highest BCUT2D eigenvalue weighted by Crippen LogP contribution is 2.28. The van der Waals surface area contributed by atoms with Gasteiger partial charge in [-0.25, -0.2) is 0 Å². The topological polar surface area (TPSA) is 47.3 Å². The third-order valence-corrected chi connectivity index (χ3v) is 2.81. The first-order valence-corrected chi connectivity index (χ1v) is 6.22. The van der Waals surface area contributed by atoms with Crippen LogP contribution in [0.4, 0.5) is 5.69 Å². The quantitative estimate of drug-likeness (QED) is 0.798. The van der Waals surface area contributed by atoms with Crippen molar-refractivity contribution in [1.82, 2.24) is 0 Å². The van der Waals surface area contributed by atoms with Crippen LogP contribution in [0.1, 0.15) is 38.7 Å². The molecule has 0 saturated heterocycles. The van der Waals surface area contributed by atoms with E-state index in [4.69, 9.17) is 10.5 Å². The smallest absolute Gasteiger partial charge is 0.141 e. The van der Waals surface area contributed by atoms with Gasteiger partial charge in [0.1, 0.15) is 5.75 Å². The molecule has 0 bridgehead atoms. The molecule has 0 spiro atoms. The van der Waals surface area contributed by atoms with Crippen molar-refractivity contribution in [2.24, 2.45) is 5.73 Å². The van der Waals surface area contributed by atoms with Crippen LogP contribution in [0.25, 0.3) is 0 Å². The average molecular weight is 236 g/mol. The zero-order valence-electron chi connectivity index (χ0n) is 11.3. The maximum atomic E-state index is 5.73. The van der Waals surface area contributed by atoms with E-state index in [1.54, 1.807) is 7.11 Å². The summed E-state index contributed by atoms with van der Waals surface area (Å²) >= 11 is 0. The number of nitrogens with two attached hydrogens (primary N) is 1. The second-order valence-corrected chi connectivity index (χ2v) is 4.81. The van der Waals surface area contributed by atoms with Crippen molar-refractivity contribution >= 4 is 5.69 Å². The van der Waals surface area contributed by atoms with Crippen molar-refractivity contribution in [2.75, 3.05) is 19.0 Å². The van der Waals surface area contributed by atoms with Gasteiger partial charge in [-0.3, -0.25) is 0 Å². The molecular weight excluding hydrogens is 212 g/mol. The van der Waals surface area contributed by atoms with Crippen molar-refractivity contribution in [3.05, 3.63) is 23.8 Å². The van der Waals surface area contributed by atoms with Gasteiger partial charge >= 0.3 is 0 Å². The summed E-state index contributed by atoms with van der Waals surface area (Å²) < 4.78 is 5.34. The predicted octanol–water partition coefficient (Wildman–Crippen LogP) is 2.97. The summed E-state index contributed by atoms with van der Waals surface area (Å²) in [4.78, 5) is 0. The zero-order chi connectivity index (χ0) is 12.8. The highest BCUT2D eigenvalue weighted by molar-refractivity contribution is 5.58. The summed E-state index contributed by atoms with van der Waals surface area (Å²) in [7, 11) is 1.70. The Morgan fingerprint density at radius 2 is 2.00 bits per heavy atom. The summed E-state index contributed by atoms with van der Waals surface area (Å²) in [6.07, 6.45) is 0.953. The lowest BCUT2D eigenvalue weighted by molar-refractivity contribution is 0.416. The maximum absolute atomic E-state index is 5.73. The van der Waals surface area contributed by atoms with Crippen LogP contribution in [0.15, 0.2) is 18.2 Å². The molecule has 0 aliphatic carbocycles. The first kappa shape index (κ1) is 13.8. The largest absolute Gasteiger partial charge is 0.495 e. The molecule has 1 aromatic carbocycles. The second-order valence-electron chi connectivity index (χ2n) is 4.81. The van der Waals surface area contributed by atoms with Gasteiger partial charge in [0.05, 0.1) is 12.8 Å². The molecule has 0 aliphatic rings. The van der Waals surface area contributed by atoms with Crippen molar-refractivity contribution in [2.45, 2.75) is 39.2 Å². The third-order valence-electron chi connectivity index (χ3n) is 2.81. The Morgan fingerprint density at radius 1 is 1.29 bits per heavy atom. The van der Waals surface area contributed by atoms with Crippen LogP contribution < -0.4 is 15.8 Å². The number of rotatable bonds is 6. The van der Waals surface area contributed by atoms with Gasteiger partial charge in [0.15, 0.2) is 0 Å². The fourth-order valence-electron chi connectivity index (χ4n) is 1.66. The lowest BCUT2D eigenvalue weighted by Crippen LogP contribution is -2.19. The van der Waals surface area contributed by atoms with E-state index in [-0.39, 0.29) is 6.04 Å². The molecule has 3 heteroatoms. The van der Waals surface area contributed by atoms with Crippen LogP contribution in [-0.4, -0.2) is 19.7 Å². The van der Waals surface area contributed by atoms with Crippen LogP contribution in [0.5, 0.6) is 5.75 Å². The Kier molecular flexibility index (Phi) is 5.29. The Hall–Kier alpha value is -1.22. The van der Waals surface area contributed by atoms with Gasteiger partial charge in [-0.15, -0.1) is 0 Å². The number of benzene rings is 1. The summed E-state index contributed by atoms with van der Waals surface area (Å²) in [5.74, 6) is 1.41. The summed E-state index contributed by atoms with van der Waals surface area (Å²) in [5.41, 5.74) is 8.10. The van der Waals surface area contributed by atoms with E-state index in [1.165, 1.54) is 5.56 Å². The average Bonchev–Trinajstić information content (AvgIpc) is 2.28. The molecule has 0 aliphatic heterocycles. The standard InChI is InChI=1S/C14H24N2O/c1-10(2)12-5-6-14(17-4)13(9-12)16-8-7-11(3)15/h5-6,9-11,16H,7-8,15H2,1-4H3. The molecule has 0 heterocycles. The SMILES string of the molecule is COc1ccc(C(C)C)cc1NCCC(C)N. The number of anilines is 1. The Labute approximate surface area is 104 Å². The Bertz CT molecular complexity index is 348. The first-order valence-electron chi connectivity index (χ1n) is 6.22. The van der Waals surface area contributed by atoms with Gasteiger partial charge in [-0.05, 0) is 37.0 Å². The maximum Gasteiger partial charge on any atom is 0.141 e. The van der Waals surface area contributed by atoms with Crippen LogP contribution in [0, 0.1) is 0 Å². The molecule has 0 radical (unpaired) electrons. The molecule has 1 aromatic rings. The van der Waals surface area contributed by atoms with Crippen molar-refractivity contribution in [3.63, 3.8) is 0 Å². The van der Waals surface area contributed by atoms with Gasteiger partial charge in [0.2, 0.25) is 0 Å². The van der Waals surface area contributed by atoms with Gasteiger partial charge in [-0.1, -0.05) is 19.9 Å². The molecule has 0 fully saturated rings. The van der Waals surface area contributed by atoms with Gasteiger partial charge in [-0.2, -0.15) is 0 Å². The van der Waals surface area contributed by atoms with Crippen molar-refractivity contribution in [3.8, 4) is 5.75 Å². The van der Waals surface area contributed by atoms with E-state index in [0.29, 0.717) is 5.92 Å². The van der Waals surface area contributed by atoms with E-state index in [1.807, 2.05) is 13.0 Å². The highest BCUT2D eigenvalue weighted by Gasteiger charge is 2.06. The predicted molar refractivity (Wildman–Crippen MR) is 73.8 cm³/mol. The minimum absolute atomic E-state index is 0.224. The molecule has 0 aromatic heterocycles. The monoisotopic (exact) mass is 236 g/mol. The van der Waals surface area contributed by atoms with Crippen molar-refractivity contribution in [1.29, 1.82) is 0 Å². The number of methoxy groups -OCH3 is 1. The number of hydrogen-bond acceptors (Lipinski definition) is 3. The normalized spacial score (nSPS) is 12.6. The van der Waals surface area contributed by atoms with E-state index in [0.717, 1.165) is 24.4 Å². The minimum Gasteiger partial charge on any atom is -0.495 e. The molecule has 17 heavy (non-hydrogen) atoms. The Balaban J connectivity index is 2.75. The molecular formula is C14H24N2O. The van der Waals surface area contributed by atoms with E-state index < -0.39 is 0 Å². The van der Waals surface area contributed by atoms with Gasteiger partial charge < -0.3 is 15.8 Å². The van der Waals surface area contributed by atoms with E-state index >= 15 is 0 Å². The Morgan fingerprint density at radius 3 is 2.53 bits per heavy atom. The molecule has 1 unspecified atom stereocenters. The molecule has 0 saturated carbocycles. The molecule has 1 rings (SSSR count). The van der Waals surface area contributed by atoms with Gasteiger partial charge in [0.25, 0.3) is 0 Å². The molecule has 1 atom stereocenters. The molecule has 3 nitrogen and oxygen atoms in total. The lowest BCUT2D eigenvalue weighted by Gasteiger charge is -2.15. The number of nitrogens with one attached hydrogen (secondary N) is 1. The van der Waals surface area contributed by atoms with Crippen molar-refractivity contribution < 1.29 is 4.74 Å². The molecule has 3 N–H and O–H groups in total. The van der Waals surface area contributed by atoms with E-state index in [2.05, 4.69) is 31.3 Å². The first-order chi connectivity index (χ1) is 8.04. The molecule has 96 valence electrons. The summed E-state index contributed by atoms with van der Waals surface area (Å²) in [6.45, 7) is 7.26. The molecule has 0 amide bonds. The summed E-state index contributed by atoms with van der Waals surface area (Å²) in [5, 5.41) is 3.39. The third kappa shape index (κ3) is 4.27. The highest BCUT2D eigenvalue weighted by atomic mass is 16.5. The van der Waals surface area contributed by atoms with Crippen LogP contribution >= 0.6 is 0 Å². The van der Waals surface area contributed by atoms with Crippen LogP contribution in [0.2, 0.25) is 0 Å².